The van der Waals surface area contributed by atoms with E-state index in [2.05, 4.69) is 6.58 Å². The summed E-state index contributed by atoms with van der Waals surface area (Å²) in [5.41, 5.74) is 0.645. The Hall–Kier alpha value is -0.790. The van der Waals surface area contributed by atoms with Crippen LogP contribution in [-0.2, 0) is 9.53 Å². The number of hydrogen-bond acceptors (Lipinski definition) is 2. The van der Waals surface area contributed by atoms with Gasteiger partial charge in [-0.15, -0.1) is 6.58 Å². The number of esters is 1. The van der Waals surface area contributed by atoms with Crippen LogP contribution in [0, 0.1) is 5.41 Å². The van der Waals surface area contributed by atoms with Crippen molar-refractivity contribution in [3.05, 3.63) is 12.2 Å². The van der Waals surface area contributed by atoms with Crippen LogP contribution in [-0.4, -0.2) is 12.6 Å². The fraction of sp³-hybridized carbons (Fsp3) is 0.700. The molecule has 0 bridgehead atoms. The van der Waals surface area contributed by atoms with Crippen molar-refractivity contribution in [3.8, 4) is 0 Å². The highest BCUT2D eigenvalue weighted by Crippen LogP contribution is 2.15. The van der Waals surface area contributed by atoms with Gasteiger partial charge in [0.25, 0.3) is 0 Å². The highest BCUT2D eigenvalue weighted by Gasteiger charge is 2.22. The largest absolute Gasteiger partial charge is 0.465 e. The lowest BCUT2D eigenvalue weighted by Crippen LogP contribution is -2.23. The zero-order chi connectivity index (χ0) is 9.78. The van der Waals surface area contributed by atoms with Crippen LogP contribution in [0.15, 0.2) is 12.2 Å². The highest BCUT2D eigenvalue weighted by molar-refractivity contribution is 5.75. The fourth-order valence-electron chi connectivity index (χ4n) is 0.534. The molecule has 0 amide bonds. The Morgan fingerprint density at radius 2 is 1.92 bits per heavy atom. The van der Waals surface area contributed by atoms with E-state index in [4.69, 9.17) is 4.74 Å². The Kier molecular flexibility index (Phi) is 4.01. The third-order valence-electron chi connectivity index (χ3n) is 1.37. The number of carbonyl (C=O) groups is 1. The van der Waals surface area contributed by atoms with Crippen molar-refractivity contribution in [3.63, 3.8) is 0 Å². The minimum absolute atomic E-state index is 0.149. The molecule has 0 N–H and O–H groups in total. The van der Waals surface area contributed by atoms with E-state index in [0.717, 1.165) is 12.0 Å². The summed E-state index contributed by atoms with van der Waals surface area (Å²) >= 11 is 0. The summed E-state index contributed by atoms with van der Waals surface area (Å²) in [7, 11) is 0. The smallest absolute Gasteiger partial charge is 0.311 e. The number of hydrogen-bond donors (Lipinski definition) is 0. The van der Waals surface area contributed by atoms with Gasteiger partial charge in [-0.3, -0.25) is 4.79 Å². The van der Waals surface area contributed by atoms with Crippen LogP contribution in [0.2, 0.25) is 0 Å². The third kappa shape index (κ3) is 4.94. The molecule has 0 fully saturated rings. The van der Waals surface area contributed by atoms with Crippen molar-refractivity contribution in [2.45, 2.75) is 34.1 Å². The molecule has 70 valence electrons. The van der Waals surface area contributed by atoms with Gasteiger partial charge < -0.3 is 4.74 Å². The third-order valence-corrected chi connectivity index (χ3v) is 1.37. The van der Waals surface area contributed by atoms with E-state index >= 15 is 0 Å². The van der Waals surface area contributed by atoms with Crippen molar-refractivity contribution < 1.29 is 9.53 Å². The standard InChI is InChI=1S/C10H18O2/c1-8(2)6-7-12-9(11)10(3,4)5/h1,6-7H2,2-5H3. The Morgan fingerprint density at radius 1 is 1.42 bits per heavy atom. The van der Waals surface area contributed by atoms with Gasteiger partial charge >= 0.3 is 5.97 Å². The minimum Gasteiger partial charge on any atom is -0.465 e. The van der Waals surface area contributed by atoms with Crippen LogP contribution in [0.1, 0.15) is 34.1 Å². The molecule has 0 radical (unpaired) electrons. The van der Waals surface area contributed by atoms with E-state index < -0.39 is 5.41 Å². The maximum atomic E-state index is 11.2. The van der Waals surface area contributed by atoms with Gasteiger partial charge in [-0.2, -0.15) is 0 Å². The van der Waals surface area contributed by atoms with E-state index in [9.17, 15) is 4.79 Å². The Balaban J connectivity index is 3.66. The molecule has 0 saturated carbocycles. The number of carbonyl (C=O) groups excluding carboxylic acids is 1. The normalized spacial score (nSPS) is 11.0. The summed E-state index contributed by atoms with van der Waals surface area (Å²) in [5.74, 6) is -0.149. The minimum atomic E-state index is -0.394. The van der Waals surface area contributed by atoms with Crippen molar-refractivity contribution in [2.75, 3.05) is 6.61 Å². The molecule has 0 rings (SSSR count). The van der Waals surface area contributed by atoms with Gasteiger partial charge in [-0.25, -0.2) is 0 Å². The van der Waals surface area contributed by atoms with Crippen LogP contribution in [0.5, 0.6) is 0 Å². The molecule has 0 spiro atoms. The van der Waals surface area contributed by atoms with E-state index in [1.165, 1.54) is 0 Å². The molecular formula is C10H18O2. The second-order valence-corrected chi connectivity index (χ2v) is 4.09. The Morgan fingerprint density at radius 3 is 2.25 bits per heavy atom. The molecule has 12 heavy (non-hydrogen) atoms. The molecule has 0 aliphatic heterocycles. The first-order chi connectivity index (χ1) is 5.34. The van der Waals surface area contributed by atoms with Crippen molar-refractivity contribution in [2.24, 2.45) is 5.41 Å². The lowest BCUT2D eigenvalue weighted by atomic mass is 9.97. The molecule has 0 unspecified atom stereocenters. The number of rotatable bonds is 3. The van der Waals surface area contributed by atoms with Crippen molar-refractivity contribution in [1.82, 2.24) is 0 Å². The predicted molar refractivity (Wildman–Crippen MR) is 49.8 cm³/mol. The summed E-state index contributed by atoms with van der Waals surface area (Å²) in [4.78, 5) is 11.2. The molecule has 0 aromatic heterocycles. The topological polar surface area (TPSA) is 26.3 Å². The van der Waals surface area contributed by atoms with Crippen LogP contribution in [0.3, 0.4) is 0 Å². The van der Waals surface area contributed by atoms with Crippen LogP contribution < -0.4 is 0 Å². The zero-order valence-corrected chi connectivity index (χ0v) is 8.44. The Bertz CT molecular complexity index is 175. The molecule has 2 nitrogen and oxygen atoms in total. The van der Waals surface area contributed by atoms with Crippen molar-refractivity contribution in [1.29, 1.82) is 0 Å². The summed E-state index contributed by atoms with van der Waals surface area (Å²) < 4.78 is 5.02. The average Bonchev–Trinajstić information content (AvgIpc) is 1.84. The summed E-state index contributed by atoms with van der Waals surface area (Å²) in [6.45, 7) is 11.6. The molecule has 2 heteroatoms. The molecular weight excluding hydrogens is 152 g/mol. The van der Waals surface area contributed by atoms with E-state index in [0.29, 0.717) is 6.61 Å². The van der Waals surface area contributed by atoms with E-state index in [-0.39, 0.29) is 5.97 Å². The molecule has 0 heterocycles. The number of ether oxygens (including phenoxy) is 1. The van der Waals surface area contributed by atoms with Gasteiger partial charge in [-0.05, 0) is 27.7 Å². The highest BCUT2D eigenvalue weighted by atomic mass is 16.5. The van der Waals surface area contributed by atoms with Crippen LogP contribution in [0.4, 0.5) is 0 Å². The van der Waals surface area contributed by atoms with Gasteiger partial charge in [0.1, 0.15) is 0 Å². The lowest BCUT2D eigenvalue weighted by Gasteiger charge is -2.16. The fourth-order valence-corrected chi connectivity index (χ4v) is 0.534. The Labute approximate surface area is 74.6 Å². The quantitative estimate of drug-likeness (QED) is 0.480. The average molecular weight is 170 g/mol. The molecule has 0 aromatic carbocycles. The second-order valence-electron chi connectivity index (χ2n) is 4.09. The van der Waals surface area contributed by atoms with Crippen LogP contribution >= 0.6 is 0 Å². The summed E-state index contributed by atoms with van der Waals surface area (Å²) in [5, 5.41) is 0. The second kappa shape index (κ2) is 4.29. The molecule has 0 saturated heterocycles. The maximum absolute atomic E-state index is 11.2. The van der Waals surface area contributed by atoms with Gasteiger partial charge in [0, 0.05) is 6.42 Å². The van der Waals surface area contributed by atoms with Gasteiger partial charge in [-0.1, -0.05) is 5.57 Å². The van der Waals surface area contributed by atoms with Gasteiger partial charge in [0.05, 0.1) is 12.0 Å². The first-order valence-electron chi connectivity index (χ1n) is 4.15. The summed E-state index contributed by atoms with van der Waals surface area (Å²) in [6.07, 6.45) is 0.752. The van der Waals surface area contributed by atoms with E-state index in [1.807, 2.05) is 27.7 Å². The van der Waals surface area contributed by atoms with Gasteiger partial charge in [0.15, 0.2) is 0 Å². The first-order valence-corrected chi connectivity index (χ1v) is 4.15. The molecule has 0 aliphatic rings. The van der Waals surface area contributed by atoms with Crippen molar-refractivity contribution >= 4 is 5.97 Å². The predicted octanol–water partition coefficient (Wildman–Crippen LogP) is 2.54. The maximum Gasteiger partial charge on any atom is 0.311 e. The van der Waals surface area contributed by atoms with Gasteiger partial charge in [0.2, 0.25) is 0 Å². The monoisotopic (exact) mass is 170 g/mol. The zero-order valence-electron chi connectivity index (χ0n) is 8.44. The van der Waals surface area contributed by atoms with Crippen LogP contribution in [0.25, 0.3) is 0 Å². The molecule has 0 aliphatic carbocycles. The molecule has 0 aromatic rings. The SMILES string of the molecule is C=C(C)CCOC(=O)C(C)(C)C. The first kappa shape index (κ1) is 11.2. The molecule has 0 atom stereocenters. The summed E-state index contributed by atoms with van der Waals surface area (Å²) in [6, 6.07) is 0. The lowest BCUT2D eigenvalue weighted by molar-refractivity contribution is -0.152. The van der Waals surface area contributed by atoms with E-state index in [1.54, 1.807) is 0 Å².